The molecule has 0 saturated heterocycles. The molecule has 0 bridgehead atoms. The highest BCUT2D eigenvalue weighted by Crippen LogP contribution is 2.38. The van der Waals surface area contributed by atoms with E-state index in [2.05, 4.69) is 15.9 Å². The molecule has 3 aromatic rings. The van der Waals surface area contributed by atoms with Gasteiger partial charge in [-0.2, -0.15) is 0 Å². The van der Waals surface area contributed by atoms with E-state index in [-0.39, 0.29) is 19.0 Å². The second-order valence-electron chi connectivity index (χ2n) is 7.45. The third-order valence-electron chi connectivity index (χ3n) is 5.40. The molecule has 7 nitrogen and oxygen atoms in total. The zero-order chi connectivity index (χ0) is 23.1. The average molecular weight is 527 g/mol. The summed E-state index contributed by atoms with van der Waals surface area (Å²) in [6, 6.07) is 12.5. The maximum Gasteiger partial charge on any atom is 0.338 e. The number of allylic oxidation sites excluding steroid dienone is 1. The number of hydrogen-bond donors (Lipinski definition) is 0. The SMILES string of the molecule is CCOC(=O)C1=C(C)n2c(s/c(=C\c3cccc(Br)c3)c2=O)=N[C@H]1c1ccc2c(c1)OCO2. The summed E-state index contributed by atoms with van der Waals surface area (Å²) in [7, 11) is 0. The molecule has 2 aliphatic heterocycles. The molecule has 168 valence electrons. The Morgan fingerprint density at radius 3 is 2.88 bits per heavy atom. The second-order valence-corrected chi connectivity index (χ2v) is 9.38. The molecule has 2 aromatic carbocycles. The summed E-state index contributed by atoms with van der Waals surface area (Å²) in [5, 5.41) is 0. The highest BCUT2D eigenvalue weighted by atomic mass is 79.9. The Bertz CT molecular complexity index is 1490. The van der Waals surface area contributed by atoms with Crippen molar-refractivity contribution in [2.24, 2.45) is 4.99 Å². The maximum absolute atomic E-state index is 13.3. The first kappa shape index (κ1) is 21.7. The molecule has 5 rings (SSSR count). The van der Waals surface area contributed by atoms with Crippen LogP contribution in [0.3, 0.4) is 0 Å². The van der Waals surface area contributed by atoms with Crippen molar-refractivity contribution in [3.8, 4) is 11.5 Å². The average Bonchev–Trinajstić information content (AvgIpc) is 3.37. The van der Waals surface area contributed by atoms with Crippen molar-refractivity contribution in [1.29, 1.82) is 0 Å². The van der Waals surface area contributed by atoms with E-state index in [1.807, 2.05) is 42.5 Å². The normalized spacial score (nSPS) is 17.1. The topological polar surface area (TPSA) is 79.1 Å². The molecular weight excluding hydrogens is 508 g/mol. The van der Waals surface area contributed by atoms with Gasteiger partial charge < -0.3 is 14.2 Å². The molecule has 2 aliphatic rings. The molecule has 0 fully saturated rings. The van der Waals surface area contributed by atoms with Crippen molar-refractivity contribution in [1.82, 2.24) is 4.57 Å². The van der Waals surface area contributed by atoms with Crippen molar-refractivity contribution in [2.45, 2.75) is 19.9 Å². The summed E-state index contributed by atoms with van der Waals surface area (Å²) in [5.41, 5.74) is 2.27. The smallest absolute Gasteiger partial charge is 0.338 e. The summed E-state index contributed by atoms with van der Waals surface area (Å²) in [6.45, 7) is 3.87. The molecule has 9 heteroatoms. The standard InChI is InChI=1S/C24H19BrN2O5S/c1-3-30-23(29)20-13(2)27-22(28)19(10-14-5-4-6-16(25)9-14)33-24(27)26-21(20)15-7-8-17-18(11-15)32-12-31-17/h4-11,21H,3,12H2,1-2H3/b19-10-/t21-/m0/s1. The molecule has 0 spiro atoms. The number of hydrogen-bond acceptors (Lipinski definition) is 7. The lowest BCUT2D eigenvalue weighted by Gasteiger charge is -2.22. The van der Waals surface area contributed by atoms with Crippen LogP contribution in [0.1, 0.15) is 31.0 Å². The van der Waals surface area contributed by atoms with Crippen LogP contribution in [0.2, 0.25) is 0 Å². The fourth-order valence-electron chi connectivity index (χ4n) is 3.89. The van der Waals surface area contributed by atoms with Gasteiger partial charge in [0.05, 0.1) is 16.7 Å². The summed E-state index contributed by atoms with van der Waals surface area (Å²) >= 11 is 4.75. The van der Waals surface area contributed by atoms with Gasteiger partial charge in [0, 0.05) is 10.2 Å². The monoisotopic (exact) mass is 526 g/mol. The Morgan fingerprint density at radius 2 is 2.09 bits per heavy atom. The van der Waals surface area contributed by atoms with Crippen LogP contribution < -0.4 is 24.4 Å². The van der Waals surface area contributed by atoms with E-state index >= 15 is 0 Å². The number of benzene rings is 2. The van der Waals surface area contributed by atoms with Gasteiger partial charge in [-0.15, -0.1) is 0 Å². The molecule has 0 aliphatic carbocycles. The van der Waals surface area contributed by atoms with Gasteiger partial charge in [0.2, 0.25) is 6.79 Å². The summed E-state index contributed by atoms with van der Waals surface area (Å²) in [5.74, 6) is 0.746. The minimum absolute atomic E-state index is 0.152. The Balaban J connectivity index is 1.71. The van der Waals surface area contributed by atoms with Crippen molar-refractivity contribution in [3.05, 3.63) is 83.3 Å². The first-order chi connectivity index (χ1) is 16.0. The Labute approximate surface area is 201 Å². The number of nitrogens with zero attached hydrogens (tertiary/aromatic N) is 2. The fourth-order valence-corrected chi connectivity index (χ4v) is 5.35. The molecule has 1 atom stereocenters. The highest BCUT2D eigenvalue weighted by Gasteiger charge is 2.32. The van der Waals surface area contributed by atoms with E-state index in [4.69, 9.17) is 19.2 Å². The molecule has 0 saturated carbocycles. The first-order valence-electron chi connectivity index (χ1n) is 10.3. The number of carbonyl (C=O) groups is 1. The minimum atomic E-state index is -0.629. The van der Waals surface area contributed by atoms with Crippen LogP contribution in [0, 0.1) is 0 Å². The molecular formula is C24H19BrN2O5S. The lowest BCUT2D eigenvalue weighted by Crippen LogP contribution is -2.35. The van der Waals surface area contributed by atoms with Crippen LogP contribution in [0.15, 0.2) is 62.3 Å². The Hall–Kier alpha value is -3.17. The molecule has 0 unspecified atom stereocenters. The Kier molecular flexibility index (Phi) is 5.67. The molecule has 0 radical (unpaired) electrons. The lowest BCUT2D eigenvalue weighted by molar-refractivity contribution is -0.138. The van der Waals surface area contributed by atoms with Gasteiger partial charge in [-0.05, 0) is 55.3 Å². The molecule has 3 heterocycles. The summed E-state index contributed by atoms with van der Waals surface area (Å²) in [6.07, 6.45) is 1.82. The van der Waals surface area contributed by atoms with Crippen LogP contribution in [0.25, 0.3) is 11.8 Å². The van der Waals surface area contributed by atoms with Crippen LogP contribution in [-0.4, -0.2) is 23.9 Å². The van der Waals surface area contributed by atoms with E-state index in [9.17, 15) is 9.59 Å². The van der Waals surface area contributed by atoms with Gasteiger partial charge in [0.25, 0.3) is 5.56 Å². The predicted molar refractivity (Wildman–Crippen MR) is 128 cm³/mol. The van der Waals surface area contributed by atoms with Gasteiger partial charge in [-0.3, -0.25) is 9.36 Å². The number of esters is 1. The number of ether oxygens (including phenoxy) is 3. The van der Waals surface area contributed by atoms with E-state index < -0.39 is 12.0 Å². The van der Waals surface area contributed by atoms with E-state index in [1.165, 1.54) is 15.9 Å². The second kappa shape index (κ2) is 8.64. The number of carbonyl (C=O) groups excluding carboxylic acids is 1. The van der Waals surface area contributed by atoms with Crippen LogP contribution >= 0.6 is 27.3 Å². The van der Waals surface area contributed by atoms with Crippen molar-refractivity contribution in [3.63, 3.8) is 0 Å². The van der Waals surface area contributed by atoms with Gasteiger partial charge in [-0.1, -0.05) is 45.5 Å². The number of halogens is 1. The zero-order valence-electron chi connectivity index (χ0n) is 17.8. The van der Waals surface area contributed by atoms with Gasteiger partial charge in [0.1, 0.15) is 6.04 Å². The Morgan fingerprint density at radius 1 is 1.27 bits per heavy atom. The van der Waals surface area contributed by atoms with E-state index in [0.29, 0.717) is 32.1 Å². The predicted octanol–water partition coefficient (Wildman–Crippen LogP) is 3.40. The van der Waals surface area contributed by atoms with Gasteiger partial charge in [0.15, 0.2) is 16.3 Å². The third kappa shape index (κ3) is 3.91. The molecule has 0 amide bonds. The third-order valence-corrected chi connectivity index (χ3v) is 6.87. The first-order valence-corrected chi connectivity index (χ1v) is 11.9. The summed E-state index contributed by atoms with van der Waals surface area (Å²) < 4.78 is 19.2. The minimum Gasteiger partial charge on any atom is -0.463 e. The fraction of sp³-hybridized carbons (Fsp3) is 0.208. The summed E-state index contributed by atoms with van der Waals surface area (Å²) in [4.78, 5) is 31.6. The number of aromatic nitrogens is 1. The van der Waals surface area contributed by atoms with Crippen LogP contribution in [0.4, 0.5) is 0 Å². The number of fused-ring (bicyclic) bond motifs is 2. The maximum atomic E-state index is 13.3. The molecule has 33 heavy (non-hydrogen) atoms. The zero-order valence-corrected chi connectivity index (χ0v) is 20.2. The van der Waals surface area contributed by atoms with Crippen LogP contribution in [0.5, 0.6) is 11.5 Å². The molecule has 1 aromatic heterocycles. The van der Waals surface area contributed by atoms with Crippen molar-refractivity contribution >= 4 is 45.0 Å². The van der Waals surface area contributed by atoms with Crippen molar-refractivity contribution in [2.75, 3.05) is 13.4 Å². The van der Waals surface area contributed by atoms with Gasteiger partial charge in [-0.25, -0.2) is 9.79 Å². The highest BCUT2D eigenvalue weighted by molar-refractivity contribution is 9.10. The van der Waals surface area contributed by atoms with Gasteiger partial charge >= 0.3 is 5.97 Å². The van der Waals surface area contributed by atoms with Crippen LogP contribution in [-0.2, 0) is 9.53 Å². The number of rotatable bonds is 4. The largest absolute Gasteiger partial charge is 0.463 e. The van der Waals surface area contributed by atoms with Crippen molar-refractivity contribution < 1.29 is 19.0 Å². The van der Waals surface area contributed by atoms with E-state index in [0.717, 1.165) is 15.6 Å². The van der Waals surface area contributed by atoms with E-state index in [1.54, 1.807) is 19.9 Å². The number of thiazole rings is 1. The molecule has 0 N–H and O–H groups in total. The lowest BCUT2D eigenvalue weighted by atomic mass is 9.96. The quantitative estimate of drug-likeness (QED) is 0.487.